The van der Waals surface area contributed by atoms with Crippen LogP contribution in [0.5, 0.6) is 10.8 Å². The van der Waals surface area contributed by atoms with Crippen LogP contribution in [0.25, 0.3) is 0 Å². The van der Waals surface area contributed by atoms with Crippen molar-refractivity contribution >= 4 is 28.5 Å². The van der Waals surface area contributed by atoms with Crippen molar-refractivity contribution in [2.75, 3.05) is 17.2 Å². The first kappa shape index (κ1) is 25.2. The number of hydrogen-bond acceptors (Lipinski definition) is 6. The number of benzene rings is 1. The Kier molecular flexibility index (Phi) is 7.90. The second-order valence-corrected chi connectivity index (χ2v) is 10.3. The normalized spacial score (nSPS) is 19.2. The molecule has 4 rings (SSSR count). The second-order valence-electron chi connectivity index (χ2n) is 9.22. The van der Waals surface area contributed by atoms with Crippen molar-refractivity contribution in [3.05, 3.63) is 70.3 Å². The largest absolute Gasteiger partial charge is 0.506 e. The summed E-state index contributed by atoms with van der Waals surface area (Å²) < 4.78 is 5.98. The van der Waals surface area contributed by atoms with Crippen LogP contribution >= 0.6 is 11.3 Å². The first-order valence-corrected chi connectivity index (χ1v) is 12.0. The highest BCUT2D eigenvalue weighted by molar-refractivity contribution is 7.14. The Morgan fingerprint density at radius 2 is 2.03 bits per heavy atom. The minimum Gasteiger partial charge on any atom is -0.506 e. The molecule has 5 nitrogen and oxygen atoms in total. The van der Waals surface area contributed by atoms with E-state index in [2.05, 4.69) is 37.3 Å². The molecule has 0 amide bonds. The molecule has 0 fully saturated rings. The fourth-order valence-electron chi connectivity index (χ4n) is 4.23. The molecule has 1 aromatic carbocycles. The Hall–Kier alpha value is -3.43. The van der Waals surface area contributed by atoms with E-state index in [1.165, 1.54) is 0 Å². The van der Waals surface area contributed by atoms with Gasteiger partial charge in [-0.1, -0.05) is 38.1 Å². The van der Waals surface area contributed by atoms with Gasteiger partial charge in [-0.15, -0.1) is 24.2 Å². The van der Waals surface area contributed by atoms with Gasteiger partial charge in [-0.25, -0.2) is 0 Å². The molecule has 1 aromatic heterocycles. The minimum absolute atomic E-state index is 0.134. The molecular formula is C28H32N2O3S. The number of fused-ring (bicyclic) bond motifs is 1. The van der Waals surface area contributed by atoms with E-state index in [1.54, 1.807) is 23.5 Å². The predicted molar refractivity (Wildman–Crippen MR) is 141 cm³/mol. The van der Waals surface area contributed by atoms with Gasteiger partial charge in [0, 0.05) is 22.6 Å². The van der Waals surface area contributed by atoms with Crippen LogP contribution < -0.4 is 15.4 Å². The van der Waals surface area contributed by atoms with Gasteiger partial charge in [-0.05, 0) is 55.5 Å². The van der Waals surface area contributed by atoms with E-state index in [-0.39, 0.29) is 23.0 Å². The molecule has 0 bridgehead atoms. The van der Waals surface area contributed by atoms with Crippen LogP contribution in [0.15, 0.2) is 65.4 Å². The SMILES string of the molecule is C#C.C/C=C\C=C(/C)COc1ccc(C2Nc3cccc(O)c3NC3=C2C(=O)CC(C)(C)C3)s1. The zero-order chi connectivity index (χ0) is 24.9. The zero-order valence-electron chi connectivity index (χ0n) is 20.1. The van der Waals surface area contributed by atoms with Crippen molar-refractivity contribution in [1.29, 1.82) is 0 Å². The van der Waals surface area contributed by atoms with Crippen LogP contribution in [0.2, 0.25) is 0 Å². The number of thiophene rings is 1. The van der Waals surface area contributed by atoms with Crippen molar-refractivity contribution in [2.45, 2.75) is 46.6 Å². The number of nitrogens with one attached hydrogen (secondary N) is 2. The number of allylic oxidation sites excluding steroid dienone is 4. The van der Waals surface area contributed by atoms with Crippen molar-refractivity contribution in [1.82, 2.24) is 0 Å². The Morgan fingerprint density at radius 1 is 1.26 bits per heavy atom. The maximum absolute atomic E-state index is 13.3. The summed E-state index contributed by atoms with van der Waals surface area (Å²) in [6, 6.07) is 9.07. The first-order chi connectivity index (χ1) is 16.3. The highest BCUT2D eigenvalue weighted by Gasteiger charge is 2.39. The predicted octanol–water partition coefficient (Wildman–Crippen LogP) is 6.83. The molecule has 0 radical (unpaired) electrons. The average molecular weight is 477 g/mol. The lowest BCUT2D eigenvalue weighted by Crippen LogP contribution is -2.31. The van der Waals surface area contributed by atoms with E-state index in [0.717, 1.165) is 38.9 Å². The molecule has 2 aromatic rings. The number of ketones is 1. The van der Waals surface area contributed by atoms with Crippen molar-refractivity contribution < 1.29 is 14.6 Å². The molecule has 1 unspecified atom stereocenters. The third kappa shape index (κ3) is 5.55. The molecule has 0 saturated heterocycles. The number of anilines is 2. The Labute approximate surface area is 206 Å². The van der Waals surface area contributed by atoms with Gasteiger partial charge in [-0.3, -0.25) is 4.79 Å². The number of carbonyl (C=O) groups is 1. The van der Waals surface area contributed by atoms with Crippen molar-refractivity contribution in [3.63, 3.8) is 0 Å². The summed E-state index contributed by atoms with van der Waals surface area (Å²) in [7, 11) is 0. The lowest BCUT2D eigenvalue weighted by Gasteiger charge is -2.33. The first-order valence-electron chi connectivity index (χ1n) is 11.2. The van der Waals surface area contributed by atoms with E-state index < -0.39 is 0 Å². The minimum atomic E-state index is -0.300. The van der Waals surface area contributed by atoms with Crippen LogP contribution in [0.3, 0.4) is 0 Å². The maximum Gasteiger partial charge on any atom is 0.174 e. The number of ether oxygens (including phenoxy) is 1. The summed E-state index contributed by atoms with van der Waals surface area (Å²) in [4.78, 5) is 14.3. The molecule has 1 aliphatic carbocycles. The third-order valence-corrected chi connectivity index (χ3v) is 6.79. The number of para-hydroxylation sites is 1. The Morgan fingerprint density at radius 3 is 2.76 bits per heavy atom. The van der Waals surface area contributed by atoms with Gasteiger partial charge in [0.2, 0.25) is 0 Å². The van der Waals surface area contributed by atoms with Gasteiger partial charge in [-0.2, -0.15) is 0 Å². The van der Waals surface area contributed by atoms with Gasteiger partial charge in [0.25, 0.3) is 0 Å². The quantitative estimate of drug-likeness (QED) is 0.251. The topological polar surface area (TPSA) is 70.6 Å². The number of aromatic hydroxyl groups is 1. The maximum atomic E-state index is 13.3. The fraction of sp³-hybridized carbons (Fsp3) is 0.321. The highest BCUT2D eigenvalue weighted by Crippen LogP contribution is 2.48. The summed E-state index contributed by atoms with van der Waals surface area (Å²) in [5.41, 5.74) is 4.02. The Bertz CT molecular complexity index is 1170. The fourth-order valence-corrected chi connectivity index (χ4v) is 5.14. The summed E-state index contributed by atoms with van der Waals surface area (Å²) in [5.74, 6) is 0.298. The molecule has 2 heterocycles. The van der Waals surface area contributed by atoms with Crippen molar-refractivity contribution in [2.24, 2.45) is 5.41 Å². The number of rotatable bonds is 5. The van der Waals surface area contributed by atoms with Crippen LogP contribution in [-0.2, 0) is 4.79 Å². The molecule has 6 heteroatoms. The number of Topliss-reactive ketones (excluding diaryl/α,β-unsaturated/α-hetero) is 1. The molecule has 1 aliphatic heterocycles. The standard InChI is InChI=1S/C26H30N2O3S.C2H2/c1-5-6-8-16(2)15-31-22-12-11-21(32-22)25-23-18(13-26(3,4)14-20(23)30)28-24-17(27-25)9-7-10-19(24)29;1-2/h5-12,25,27-29H,13-15H2,1-4H3;1-2H/b6-5-,16-8+;. The molecule has 2 aliphatic rings. The van der Waals surface area contributed by atoms with Crippen LogP contribution in [0.4, 0.5) is 11.4 Å². The van der Waals surface area contributed by atoms with Gasteiger partial charge < -0.3 is 20.5 Å². The molecular weight excluding hydrogens is 444 g/mol. The second kappa shape index (κ2) is 10.7. The van der Waals surface area contributed by atoms with E-state index in [9.17, 15) is 9.90 Å². The summed E-state index contributed by atoms with van der Waals surface area (Å²) in [5, 5.41) is 18.2. The van der Waals surface area contributed by atoms with E-state index >= 15 is 0 Å². The van der Waals surface area contributed by atoms with Crippen LogP contribution in [0.1, 0.15) is 51.5 Å². The average Bonchev–Trinajstić information content (AvgIpc) is 3.19. The Balaban J connectivity index is 0.00000158. The molecule has 1 atom stereocenters. The zero-order valence-corrected chi connectivity index (χ0v) is 21.0. The van der Waals surface area contributed by atoms with Crippen LogP contribution in [0, 0.1) is 18.3 Å². The van der Waals surface area contributed by atoms with E-state index in [0.29, 0.717) is 18.7 Å². The third-order valence-electron chi connectivity index (χ3n) is 5.73. The molecule has 0 saturated carbocycles. The van der Waals surface area contributed by atoms with Gasteiger partial charge >= 0.3 is 0 Å². The number of terminal acetylenes is 1. The molecule has 0 spiro atoms. The number of hydrogen-bond donors (Lipinski definition) is 3. The van der Waals surface area contributed by atoms with Crippen LogP contribution in [-0.4, -0.2) is 17.5 Å². The highest BCUT2D eigenvalue weighted by atomic mass is 32.1. The van der Waals surface area contributed by atoms with Crippen molar-refractivity contribution in [3.8, 4) is 23.7 Å². The summed E-state index contributed by atoms with van der Waals surface area (Å²) in [6.07, 6.45) is 15.3. The number of phenols is 1. The summed E-state index contributed by atoms with van der Waals surface area (Å²) >= 11 is 1.54. The number of carbonyl (C=O) groups excluding carboxylic acids is 1. The van der Waals surface area contributed by atoms with E-state index in [1.807, 2.05) is 50.3 Å². The molecule has 34 heavy (non-hydrogen) atoms. The summed E-state index contributed by atoms with van der Waals surface area (Å²) in [6.45, 7) is 8.75. The smallest absolute Gasteiger partial charge is 0.174 e. The van der Waals surface area contributed by atoms with Gasteiger partial charge in [0.05, 0.1) is 11.7 Å². The van der Waals surface area contributed by atoms with Gasteiger partial charge in [0.1, 0.15) is 18.0 Å². The monoisotopic (exact) mass is 476 g/mol. The lowest BCUT2D eigenvalue weighted by molar-refractivity contribution is -0.118. The van der Waals surface area contributed by atoms with E-state index in [4.69, 9.17) is 4.74 Å². The molecule has 178 valence electrons. The van der Waals surface area contributed by atoms with Gasteiger partial charge in [0.15, 0.2) is 10.8 Å². The number of phenolic OH excluding ortho intramolecular Hbond substituents is 1. The molecule has 3 N–H and O–H groups in total. The lowest BCUT2D eigenvalue weighted by atomic mass is 9.74.